The van der Waals surface area contributed by atoms with Crippen LogP contribution in [-0.4, -0.2) is 29.1 Å². The van der Waals surface area contributed by atoms with Crippen LogP contribution >= 0.6 is 0 Å². The van der Waals surface area contributed by atoms with Crippen LogP contribution in [0.2, 0.25) is 0 Å². The lowest BCUT2D eigenvalue weighted by Gasteiger charge is -2.31. The van der Waals surface area contributed by atoms with E-state index >= 15 is 0 Å². The lowest BCUT2D eigenvalue weighted by molar-refractivity contribution is 0.0702. The van der Waals surface area contributed by atoms with Crippen LogP contribution in [0.3, 0.4) is 0 Å². The van der Waals surface area contributed by atoms with E-state index in [4.69, 9.17) is 9.78 Å². The topological polar surface area (TPSA) is 70.1 Å². The maximum atomic E-state index is 12.8. The fourth-order valence-electron chi connectivity index (χ4n) is 3.56. The van der Waals surface area contributed by atoms with Crippen molar-refractivity contribution in [3.63, 3.8) is 0 Å². The maximum Gasteiger partial charge on any atom is 0.276 e. The quantitative estimate of drug-likeness (QED) is 0.703. The van der Waals surface area contributed by atoms with Gasteiger partial charge in [0.05, 0.1) is 11.6 Å². The summed E-state index contributed by atoms with van der Waals surface area (Å²) >= 11 is 0. The van der Waals surface area contributed by atoms with Gasteiger partial charge in [0.2, 0.25) is 0 Å². The number of rotatable bonds is 3. The predicted molar refractivity (Wildman–Crippen MR) is 101 cm³/mol. The molecule has 0 radical (unpaired) electrons. The molecule has 2 aromatic carbocycles. The van der Waals surface area contributed by atoms with Crippen molar-refractivity contribution in [2.75, 3.05) is 13.1 Å². The van der Waals surface area contributed by atoms with Crippen molar-refractivity contribution in [2.45, 2.75) is 18.8 Å². The average molecular weight is 357 g/mol. The Hall–Kier alpha value is -3.39. The van der Waals surface area contributed by atoms with Crippen LogP contribution in [0.25, 0.3) is 11.3 Å². The summed E-state index contributed by atoms with van der Waals surface area (Å²) in [4.78, 5) is 14.6. The molecule has 3 aromatic rings. The summed E-state index contributed by atoms with van der Waals surface area (Å²) in [6.07, 6.45) is 1.90. The zero-order valence-corrected chi connectivity index (χ0v) is 14.8. The number of carbonyl (C=O) groups excluding carboxylic acids is 1. The third kappa shape index (κ3) is 3.61. The lowest BCUT2D eigenvalue weighted by atomic mass is 9.89. The second-order valence-corrected chi connectivity index (χ2v) is 6.75. The average Bonchev–Trinajstić information content (AvgIpc) is 3.24. The molecule has 1 saturated heterocycles. The smallest absolute Gasteiger partial charge is 0.276 e. The van der Waals surface area contributed by atoms with E-state index in [9.17, 15) is 4.79 Å². The van der Waals surface area contributed by atoms with Gasteiger partial charge in [0.15, 0.2) is 11.5 Å². The molecule has 5 nitrogen and oxygen atoms in total. The molecule has 5 heteroatoms. The molecule has 1 aromatic heterocycles. The zero-order valence-electron chi connectivity index (χ0n) is 14.8. The SMILES string of the molecule is N#Cc1cccc(-c2cc(C(=O)N3CCC(c4ccccc4)CC3)no2)c1. The summed E-state index contributed by atoms with van der Waals surface area (Å²) in [7, 11) is 0. The van der Waals surface area contributed by atoms with E-state index in [0.717, 1.165) is 18.4 Å². The Morgan fingerprint density at radius 1 is 1.07 bits per heavy atom. The Morgan fingerprint density at radius 3 is 2.59 bits per heavy atom. The summed E-state index contributed by atoms with van der Waals surface area (Å²) in [5.41, 5.74) is 2.93. The van der Waals surface area contributed by atoms with Gasteiger partial charge in [0.25, 0.3) is 5.91 Å². The standard InChI is InChI=1S/C22H19N3O2/c23-15-16-5-4-8-19(13-16)21-14-20(24-27-21)22(26)25-11-9-18(10-12-25)17-6-2-1-3-7-17/h1-8,13-14,18H,9-12H2. The molecule has 0 atom stereocenters. The first-order valence-corrected chi connectivity index (χ1v) is 9.06. The second-order valence-electron chi connectivity index (χ2n) is 6.75. The van der Waals surface area contributed by atoms with Crippen molar-refractivity contribution in [2.24, 2.45) is 0 Å². The van der Waals surface area contributed by atoms with Crippen molar-refractivity contribution in [1.29, 1.82) is 5.26 Å². The number of piperidine rings is 1. The van der Waals surface area contributed by atoms with Crippen molar-refractivity contribution in [3.05, 3.63) is 77.5 Å². The summed E-state index contributed by atoms with van der Waals surface area (Å²) in [5, 5.41) is 13.0. The summed E-state index contributed by atoms with van der Waals surface area (Å²) < 4.78 is 5.35. The van der Waals surface area contributed by atoms with E-state index in [1.807, 2.05) is 17.0 Å². The fraction of sp³-hybridized carbons (Fsp3) is 0.227. The summed E-state index contributed by atoms with van der Waals surface area (Å²) in [6, 6.07) is 21.3. The minimum atomic E-state index is -0.104. The monoisotopic (exact) mass is 357 g/mol. The molecule has 1 fully saturated rings. The number of aromatic nitrogens is 1. The molecule has 2 heterocycles. The largest absolute Gasteiger partial charge is 0.355 e. The molecule has 0 bridgehead atoms. The minimum absolute atomic E-state index is 0.104. The van der Waals surface area contributed by atoms with E-state index in [-0.39, 0.29) is 5.91 Å². The molecular weight excluding hydrogens is 338 g/mol. The molecular formula is C22H19N3O2. The fourth-order valence-corrected chi connectivity index (χ4v) is 3.56. The molecule has 1 amide bonds. The normalized spacial score (nSPS) is 14.7. The van der Waals surface area contributed by atoms with Crippen molar-refractivity contribution in [1.82, 2.24) is 10.1 Å². The van der Waals surface area contributed by atoms with Gasteiger partial charge in [-0.05, 0) is 36.5 Å². The van der Waals surface area contributed by atoms with Crippen LogP contribution < -0.4 is 0 Å². The molecule has 0 N–H and O–H groups in total. The van der Waals surface area contributed by atoms with Crippen LogP contribution in [0.15, 0.2) is 65.2 Å². The number of carbonyl (C=O) groups is 1. The number of likely N-dealkylation sites (tertiary alicyclic amines) is 1. The Balaban J connectivity index is 1.44. The molecule has 0 aliphatic carbocycles. The highest BCUT2D eigenvalue weighted by molar-refractivity contribution is 5.93. The van der Waals surface area contributed by atoms with Gasteiger partial charge >= 0.3 is 0 Å². The van der Waals surface area contributed by atoms with Gasteiger partial charge < -0.3 is 9.42 Å². The highest BCUT2D eigenvalue weighted by Gasteiger charge is 2.26. The molecule has 27 heavy (non-hydrogen) atoms. The molecule has 1 aliphatic heterocycles. The van der Waals surface area contributed by atoms with Gasteiger partial charge in [-0.25, -0.2) is 0 Å². The molecule has 0 spiro atoms. The first-order chi connectivity index (χ1) is 13.2. The molecule has 0 saturated carbocycles. The van der Waals surface area contributed by atoms with E-state index in [0.29, 0.717) is 36.0 Å². The van der Waals surface area contributed by atoms with E-state index in [1.54, 1.807) is 24.3 Å². The Bertz CT molecular complexity index is 980. The first kappa shape index (κ1) is 17.0. The molecule has 1 aliphatic rings. The van der Waals surface area contributed by atoms with Gasteiger partial charge in [-0.15, -0.1) is 0 Å². The third-order valence-electron chi connectivity index (χ3n) is 5.06. The van der Waals surface area contributed by atoms with Gasteiger partial charge in [0, 0.05) is 24.7 Å². The third-order valence-corrected chi connectivity index (χ3v) is 5.06. The number of nitrogens with zero attached hydrogens (tertiary/aromatic N) is 3. The second kappa shape index (κ2) is 7.46. The lowest BCUT2D eigenvalue weighted by Crippen LogP contribution is -2.38. The summed E-state index contributed by atoms with van der Waals surface area (Å²) in [5.74, 6) is 0.888. The number of hydrogen-bond acceptors (Lipinski definition) is 4. The molecule has 0 unspecified atom stereocenters. The van der Waals surface area contributed by atoms with Crippen LogP contribution in [0, 0.1) is 11.3 Å². The van der Waals surface area contributed by atoms with Crippen LogP contribution in [0.4, 0.5) is 0 Å². The highest BCUT2D eigenvalue weighted by atomic mass is 16.5. The summed E-state index contributed by atoms with van der Waals surface area (Å²) in [6.45, 7) is 1.43. The van der Waals surface area contributed by atoms with Crippen molar-refractivity contribution in [3.8, 4) is 17.4 Å². The number of amides is 1. The minimum Gasteiger partial charge on any atom is -0.355 e. The van der Waals surface area contributed by atoms with E-state index < -0.39 is 0 Å². The number of benzene rings is 2. The van der Waals surface area contributed by atoms with E-state index in [1.165, 1.54) is 5.56 Å². The maximum absolute atomic E-state index is 12.8. The van der Waals surface area contributed by atoms with Crippen molar-refractivity contribution >= 4 is 5.91 Å². The highest BCUT2D eigenvalue weighted by Crippen LogP contribution is 2.29. The van der Waals surface area contributed by atoms with Crippen molar-refractivity contribution < 1.29 is 9.32 Å². The molecule has 4 rings (SSSR count). The van der Waals surface area contributed by atoms with Crippen LogP contribution in [-0.2, 0) is 0 Å². The number of hydrogen-bond donors (Lipinski definition) is 0. The van der Waals surface area contributed by atoms with Gasteiger partial charge in [-0.3, -0.25) is 4.79 Å². The van der Waals surface area contributed by atoms with Crippen LogP contribution in [0.5, 0.6) is 0 Å². The van der Waals surface area contributed by atoms with Gasteiger partial charge in [-0.2, -0.15) is 5.26 Å². The Kier molecular flexibility index (Phi) is 4.71. The molecule has 134 valence electrons. The Labute approximate surface area is 157 Å². The van der Waals surface area contributed by atoms with E-state index in [2.05, 4.69) is 35.5 Å². The number of nitriles is 1. The van der Waals surface area contributed by atoms with Crippen LogP contribution in [0.1, 0.15) is 40.4 Å². The Morgan fingerprint density at radius 2 is 1.85 bits per heavy atom. The van der Waals surface area contributed by atoms with Gasteiger partial charge in [-0.1, -0.05) is 47.6 Å². The zero-order chi connectivity index (χ0) is 18.6. The van der Waals surface area contributed by atoms with Gasteiger partial charge in [0.1, 0.15) is 0 Å². The predicted octanol–water partition coefficient (Wildman–Crippen LogP) is 4.23. The first-order valence-electron chi connectivity index (χ1n) is 9.06.